The second-order valence-corrected chi connectivity index (χ2v) is 15.3. The number of nitrogens with zero attached hydrogens (tertiary/aromatic N) is 2. The molecular formula is C54H38N4O. The lowest BCUT2D eigenvalue weighted by Crippen LogP contribution is -2.31. The Labute approximate surface area is 341 Å². The van der Waals surface area contributed by atoms with Crippen molar-refractivity contribution >= 4 is 67.4 Å². The summed E-state index contributed by atoms with van der Waals surface area (Å²) in [5.41, 5.74) is 10.4. The Balaban J connectivity index is 0.866. The first-order chi connectivity index (χ1) is 29.1. The van der Waals surface area contributed by atoms with Crippen molar-refractivity contribution < 1.29 is 4.74 Å². The Kier molecular flexibility index (Phi) is 8.19. The van der Waals surface area contributed by atoms with Gasteiger partial charge < -0.3 is 13.9 Å². The van der Waals surface area contributed by atoms with Crippen molar-refractivity contribution in [1.82, 2.24) is 9.13 Å². The van der Waals surface area contributed by atoms with E-state index in [1.807, 2.05) is 60.7 Å². The van der Waals surface area contributed by atoms with E-state index in [0.717, 1.165) is 34.4 Å². The van der Waals surface area contributed by atoms with Crippen molar-refractivity contribution in [2.75, 3.05) is 0 Å². The zero-order valence-electron chi connectivity index (χ0n) is 32.1. The van der Waals surface area contributed by atoms with Crippen LogP contribution in [0.5, 0.6) is 0 Å². The van der Waals surface area contributed by atoms with Crippen molar-refractivity contribution in [1.29, 1.82) is 10.8 Å². The molecule has 1 aliphatic rings. The summed E-state index contributed by atoms with van der Waals surface area (Å²) in [6.07, 6.45) is 5.71. The smallest absolute Gasteiger partial charge is 0.221 e. The predicted octanol–water partition coefficient (Wildman–Crippen LogP) is 11.7. The van der Waals surface area contributed by atoms with E-state index in [0.29, 0.717) is 11.1 Å². The van der Waals surface area contributed by atoms with E-state index in [1.54, 1.807) is 0 Å². The first-order valence-corrected chi connectivity index (χ1v) is 20.0. The van der Waals surface area contributed by atoms with Crippen LogP contribution in [0.2, 0.25) is 0 Å². The van der Waals surface area contributed by atoms with E-state index in [4.69, 9.17) is 15.6 Å². The molecule has 0 saturated heterocycles. The van der Waals surface area contributed by atoms with E-state index < -0.39 is 0 Å². The Morgan fingerprint density at radius 2 is 1.07 bits per heavy atom. The van der Waals surface area contributed by atoms with Crippen LogP contribution in [0.15, 0.2) is 188 Å². The lowest BCUT2D eigenvalue weighted by Gasteiger charge is -2.15. The second-order valence-electron chi connectivity index (χ2n) is 15.3. The van der Waals surface area contributed by atoms with Gasteiger partial charge in [0.2, 0.25) is 11.8 Å². The van der Waals surface area contributed by atoms with Crippen LogP contribution in [-0.2, 0) is 4.74 Å². The standard InChI is InChI=1S/C54H38N4O/c55-53(37-21-18-36(19-22-37)40-23-20-35-10-4-5-11-39(35)32-40)59-54(56)38-24-28-44(29-25-38)58-50-17-9-7-15-46(50)48-34-42(27-31-52(48)58)41-26-30-51-47(33-41)45-14-6-8-16-49(45)57(51)43-12-2-1-3-13-43/h1-26,28-34,42,55-56H,27H2. The van der Waals surface area contributed by atoms with Crippen molar-refractivity contribution in [2.45, 2.75) is 12.3 Å². The Morgan fingerprint density at radius 3 is 1.83 bits per heavy atom. The number of fused-ring (bicyclic) bond motifs is 7. The lowest BCUT2D eigenvalue weighted by atomic mass is 9.90. The van der Waals surface area contributed by atoms with E-state index in [9.17, 15) is 0 Å². The van der Waals surface area contributed by atoms with Crippen molar-refractivity contribution in [3.05, 3.63) is 215 Å². The van der Waals surface area contributed by atoms with Crippen LogP contribution in [0, 0.1) is 10.8 Å². The fraction of sp³-hybridized carbons (Fsp3) is 0.0370. The van der Waals surface area contributed by atoms with E-state index in [2.05, 4.69) is 149 Å². The third-order valence-electron chi connectivity index (χ3n) is 11.8. The molecule has 0 aliphatic heterocycles. The number of nitrogens with one attached hydrogen (secondary N) is 2. The van der Waals surface area contributed by atoms with Gasteiger partial charge in [0, 0.05) is 55.1 Å². The molecule has 1 unspecified atom stereocenters. The number of rotatable bonds is 6. The Morgan fingerprint density at radius 1 is 0.475 bits per heavy atom. The monoisotopic (exact) mass is 758 g/mol. The van der Waals surface area contributed by atoms with Gasteiger partial charge in [-0.05, 0) is 113 Å². The number of ether oxygens (including phenoxy) is 1. The van der Waals surface area contributed by atoms with Crippen LogP contribution in [0.4, 0.5) is 0 Å². The van der Waals surface area contributed by atoms with Gasteiger partial charge in [-0.2, -0.15) is 0 Å². The molecule has 59 heavy (non-hydrogen) atoms. The molecule has 0 amide bonds. The molecule has 1 atom stereocenters. The Hall–Kier alpha value is -7.76. The average Bonchev–Trinajstić information content (AvgIpc) is 3.81. The third kappa shape index (κ3) is 5.94. The van der Waals surface area contributed by atoms with E-state index in [1.165, 1.54) is 54.1 Å². The second kappa shape index (κ2) is 14.0. The fourth-order valence-corrected chi connectivity index (χ4v) is 8.92. The van der Waals surface area contributed by atoms with Gasteiger partial charge in [-0.1, -0.05) is 121 Å². The topological polar surface area (TPSA) is 66.8 Å². The van der Waals surface area contributed by atoms with Crippen molar-refractivity contribution in [3.8, 4) is 22.5 Å². The molecule has 5 nitrogen and oxygen atoms in total. The molecule has 0 radical (unpaired) electrons. The minimum absolute atomic E-state index is 0.0598. The van der Waals surface area contributed by atoms with Gasteiger partial charge in [-0.25, -0.2) is 0 Å². The predicted molar refractivity (Wildman–Crippen MR) is 244 cm³/mol. The lowest BCUT2D eigenvalue weighted by molar-refractivity contribution is 0.538. The molecule has 2 aromatic heterocycles. The van der Waals surface area contributed by atoms with Gasteiger partial charge in [-0.3, -0.25) is 10.8 Å². The summed E-state index contributed by atoms with van der Waals surface area (Å²) in [6.45, 7) is 0. The summed E-state index contributed by atoms with van der Waals surface area (Å²) >= 11 is 0. The zero-order chi connectivity index (χ0) is 39.5. The summed E-state index contributed by atoms with van der Waals surface area (Å²) in [5, 5.41) is 26.0. The summed E-state index contributed by atoms with van der Waals surface area (Å²) in [5.74, 6) is 0.108. The van der Waals surface area contributed by atoms with Crippen molar-refractivity contribution in [3.63, 3.8) is 0 Å². The molecule has 280 valence electrons. The molecule has 1 aliphatic carbocycles. The Bertz CT molecular complexity index is 3410. The molecule has 10 aromatic rings. The molecule has 2 heterocycles. The number of hydrogen-bond acceptors (Lipinski definition) is 3. The SMILES string of the molecule is N=C(OC(=N)c1ccc(-n2c3c(c4ccccc42)=CC(c2ccc4c(c2)c2ccccc2n4-c2ccccc2)CC=3)cc1)c1ccc(-c2ccc3ccccc3c2)cc1. The summed E-state index contributed by atoms with van der Waals surface area (Å²) in [6, 6.07) is 65.3. The minimum Gasteiger partial charge on any atom is -0.421 e. The van der Waals surface area contributed by atoms with Crippen LogP contribution in [0.25, 0.3) is 78.1 Å². The first kappa shape index (κ1) is 34.5. The van der Waals surface area contributed by atoms with Crippen LogP contribution in [-0.4, -0.2) is 20.9 Å². The maximum Gasteiger partial charge on any atom is 0.221 e. The summed E-state index contributed by atoms with van der Waals surface area (Å²) in [4.78, 5) is 0. The van der Waals surface area contributed by atoms with Crippen LogP contribution in [0.1, 0.15) is 29.0 Å². The number of aromatic nitrogens is 2. The molecule has 0 bridgehead atoms. The first-order valence-electron chi connectivity index (χ1n) is 20.0. The molecule has 0 saturated carbocycles. The molecule has 0 spiro atoms. The molecule has 5 heteroatoms. The minimum atomic E-state index is -0.0638. The normalized spacial score (nSPS) is 13.6. The number of hydrogen-bond donors (Lipinski definition) is 2. The highest BCUT2D eigenvalue weighted by Crippen LogP contribution is 2.35. The third-order valence-corrected chi connectivity index (χ3v) is 11.8. The molecular weight excluding hydrogens is 721 g/mol. The molecule has 11 rings (SSSR count). The maximum absolute atomic E-state index is 8.75. The fourth-order valence-electron chi connectivity index (χ4n) is 8.92. The number of para-hydroxylation sites is 3. The molecule has 8 aromatic carbocycles. The molecule has 0 fully saturated rings. The van der Waals surface area contributed by atoms with Gasteiger partial charge in [0.15, 0.2) is 0 Å². The van der Waals surface area contributed by atoms with E-state index >= 15 is 0 Å². The van der Waals surface area contributed by atoms with Gasteiger partial charge in [-0.15, -0.1) is 0 Å². The highest BCUT2D eigenvalue weighted by Gasteiger charge is 2.20. The zero-order valence-corrected chi connectivity index (χ0v) is 32.1. The van der Waals surface area contributed by atoms with Crippen LogP contribution in [0.3, 0.4) is 0 Å². The van der Waals surface area contributed by atoms with Gasteiger partial charge >= 0.3 is 0 Å². The average molecular weight is 759 g/mol. The van der Waals surface area contributed by atoms with Gasteiger partial charge in [0.05, 0.1) is 16.6 Å². The van der Waals surface area contributed by atoms with Gasteiger partial charge in [0.1, 0.15) is 0 Å². The highest BCUT2D eigenvalue weighted by atomic mass is 16.5. The quantitative estimate of drug-likeness (QED) is 0.129. The van der Waals surface area contributed by atoms with E-state index in [-0.39, 0.29) is 17.7 Å². The largest absolute Gasteiger partial charge is 0.421 e. The van der Waals surface area contributed by atoms with Crippen LogP contribution < -0.4 is 10.6 Å². The summed E-state index contributed by atoms with van der Waals surface area (Å²) < 4.78 is 10.5. The number of benzene rings is 8. The highest BCUT2D eigenvalue weighted by molar-refractivity contribution is 6.09. The molecule has 2 N–H and O–H groups in total. The maximum atomic E-state index is 8.75. The van der Waals surface area contributed by atoms with Crippen LogP contribution >= 0.6 is 0 Å². The summed E-state index contributed by atoms with van der Waals surface area (Å²) in [7, 11) is 0. The van der Waals surface area contributed by atoms with Gasteiger partial charge in [0.25, 0.3) is 0 Å². The van der Waals surface area contributed by atoms with Crippen molar-refractivity contribution in [2.24, 2.45) is 0 Å².